The van der Waals surface area contributed by atoms with Gasteiger partial charge in [-0.3, -0.25) is 14.9 Å². The minimum absolute atomic E-state index is 0.130. The van der Waals surface area contributed by atoms with Crippen LogP contribution in [0.15, 0.2) is 78.9 Å². The van der Waals surface area contributed by atoms with E-state index in [0.29, 0.717) is 5.75 Å². The number of rotatable bonds is 7. The molecule has 27 heavy (non-hydrogen) atoms. The van der Waals surface area contributed by atoms with Gasteiger partial charge >= 0.3 is 0 Å². The van der Waals surface area contributed by atoms with Crippen molar-refractivity contribution in [2.45, 2.75) is 19.4 Å². The minimum Gasteiger partial charge on any atom is -0.480 e. The molecule has 3 rings (SSSR count). The van der Waals surface area contributed by atoms with Crippen LogP contribution in [0.3, 0.4) is 0 Å². The molecular weight excluding hydrogens is 342 g/mol. The van der Waals surface area contributed by atoms with E-state index in [1.54, 1.807) is 6.92 Å². The molecule has 3 aromatic rings. The summed E-state index contributed by atoms with van der Waals surface area (Å²) in [6, 6.07) is 23.5. The van der Waals surface area contributed by atoms with Crippen LogP contribution in [0.5, 0.6) is 5.75 Å². The zero-order valence-electron chi connectivity index (χ0n) is 14.9. The van der Waals surface area contributed by atoms with Crippen molar-refractivity contribution in [2.24, 2.45) is 0 Å². The van der Waals surface area contributed by atoms with Gasteiger partial charge in [0.1, 0.15) is 11.9 Å². The second-order valence-electron chi connectivity index (χ2n) is 6.03. The lowest BCUT2D eigenvalue weighted by atomic mass is 10.0. The molecule has 0 fully saturated rings. The number of carbonyl (C=O) groups excluding carboxylic acids is 1. The Morgan fingerprint density at radius 1 is 0.963 bits per heavy atom. The first-order chi connectivity index (χ1) is 13.1. The predicted molar refractivity (Wildman–Crippen MR) is 103 cm³/mol. The third kappa shape index (κ3) is 4.20. The normalized spacial score (nSPS) is 10.6. The van der Waals surface area contributed by atoms with E-state index in [2.05, 4.69) is 0 Å². The maximum Gasteiger partial charge on any atom is 0.270 e. The van der Waals surface area contributed by atoms with Gasteiger partial charge in [0.05, 0.1) is 10.5 Å². The number of hydrogen-bond acceptors (Lipinski definition) is 4. The van der Waals surface area contributed by atoms with E-state index in [9.17, 15) is 14.9 Å². The van der Waals surface area contributed by atoms with Crippen LogP contribution in [0.1, 0.15) is 40.9 Å². The van der Waals surface area contributed by atoms with E-state index in [4.69, 9.17) is 4.74 Å². The average Bonchev–Trinajstić information content (AvgIpc) is 2.72. The Bertz CT molecular complexity index is 900. The molecule has 0 amide bonds. The monoisotopic (exact) mass is 361 g/mol. The zero-order valence-corrected chi connectivity index (χ0v) is 14.9. The Hall–Kier alpha value is -3.47. The lowest BCUT2D eigenvalue weighted by Crippen LogP contribution is -2.12. The number of hydrogen-bond donors (Lipinski definition) is 0. The summed E-state index contributed by atoms with van der Waals surface area (Å²) in [4.78, 5) is 22.9. The summed E-state index contributed by atoms with van der Waals surface area (Å²) in [5, 5.41) is 11.1. The van der Waals surface area contributed by atoms with Gasteiger partial charge in [-0.15, -0.1) is 0 Å². The van der Waals surface area contributed by atoms with Gasteiger partial charge in [0.2, 0.25) is 0 Å². The highest BCUT2D eigenvalue weighted by atomic mass is 16.6. The molecule has 5 nitrogen and oxygen atoms in total. The molecule has 0 saturated heterocycles. The molecule has 0 aliphatic heterocycles. The molecule has 0 atom stereocenters. The quantitative estimate of drug-likeness (QED) is 0.323. The van der Waals surface area contributed by atoms with Crippen molar-refractivity contribution in [3.8, 4) is 5.75 Å². The van der Waals surface area contributed by atoms with Crippen LogP contribution >= 0.6 is 0 Å². The van der Waals surface area contributed by atoms with E-state index in [0.717, 1.165) is 11.1 Å². The van der Waals surface area contributed by atoms with Crippen LogP contribution < -0.4 is 4.74 Å². The Morgan fingerprint density at radius 3 is 2.00 bits per heavy atom. The van der Waals surface area contributed by atoms with Crippen molar-refractivity contribution >= 4 is 11.5 Å². The van der Waals surface area contributed by atoms with Crippen molar-refractivity contribution < 1.29 is 14.5 Å². The third-order valence-electron chi connectivity index (χ3n) is 4.24. The summed E-state index contributed by atoms with van der Waals surface area (Å²) in [6.45, 7) is 1.72. The molecule has 0 saturated carbocycles. The fourth-order valence-corrected chi connectivity index (χ4v) is 2.85. The highest BCUT2D eigenvalue weighted by Crippen LogP contribution is 2.33. The number of non-ortho nitro benzene ring substituents is 1. The van der Waals surface area contributed by atoms with E-state index in [1.807, 2.05) is 60.7 Å². The lowest BCUT2D eigenvalue weighted by molar-refractivity contribution is -0.384. The first kappa shape index (κ1) is 18.3. The maximum atomic E-state index is 12.4. The number of ether oxygens (including phenoxy) is 1. The van der Waals surface area contributed by atoms with Gasteiger partial charge in [-0.05, 0) is 17.2 Å². The van der Waals surface area contributed by atoms with Crippen LogP contribution in [0.4, 0.5) is 5.69 Å². The number of carbonyl (C=O) groups is 1. The molecule has 0 unspecified atom stereocenters. The van der Waals surface area contributed by atoms with E-state index < -0.39 is 11.0 Å². The lowest BCUT2D eigenvalue weighted by Gasteiger charge is -2.21. The smallest absolute Gasteiger partial charge is 0.270 e. The maximum absolute atomic E-state index is 12.4. The number of ketones is 1. The fraction of sp³-hybridized carbons (Fsp3) is 0.136. The van der Waals surface area contributed by atoms with Crippen molar-refractivity contribution in [2.75, 3.05) is 0 Å². The molecule has 0 aliphatic rings. The molecule has 0 bridgehead atoms. The van der Waals surface area contributed by atoms with Crippen molar-refractivity contribution in [1.82, 2.24) is 0 Å². The highest BCUT2D eigenvalue weighted by Gasteiger charge is 2.21. The Morgan fingerprint density at radius 2 is 1.52 bits per heavy atom. The largest absolute Gasteiger partial charge is 0.480 e. The molecule has 0 aromatic heterocycles. The molecule has 0 spiro atoms. The summed E-state index contributed by atoms with van der Waals surface area (Å²) in [6.07, 6.45) is -0.198. The summed E-state index contributed by atoms with van der Waals surface area (Å²) in [5.41, 5.74) is 1.95. The molecule has 0 heterocycles. The number of nitro groups is 1. The second-order valence-corrected chi connectivity index (χ2v) is 6.03. The summed E-state index contributed by atoms with van der Waals surface area (Å²) in [7, 11) is 0. The van der Waals surface area contributed by atoms with Gasteiger partial charge in [0.25, 0.3) is 5.69 Å². The third-order valence-corrected chi connectivity index (χ3v) is 4.24. The zero-order chi connectivity index (χ0) is 19.2. The molecule has 0 aliphatic carbocycles. The van der Waals surface area contributed by atoms with Crippen LogP contribution in [-0.2, 0) is 0 Å². The van der Waals surface area contributed by atoms with Crippen LogP contribution in [-0.4, -0.2) is 10.7 Å². The molecule has 136 valence electrons. The fourth-order valence-electron chi connectivity index (χ4n) is 2.85. The molecule has 5 heteroatoms. The Kier molecular flexibility index (Phi) is 5.61. The van der Waals surface area contributed by atoms with Crippen LogP contribution in [0.25, 0.3) is 0 Å². The second kappa shape index (κ2) is 8.27. The van der Waals surface area contributed by atoms with Crippen molar-refractivity contribution in [3.63, 3.8) is 0 Å². The minimum atomic E-state index is -0.512. The van der Waals surface area contributed by atoms with Crippen LogP contribution in [0, 0.1) is 10.1 Å². The molecule has 0 radical (unpaired) electrons. The van der Waals surface area contributed by atoms with Gasteiger partial charge in [0, 0.05) is 18.6 Å². The highest BCUT2D eigenvalue weighted by molar-refractivity contribution is 5.99. The van der Waals surface area contributed by atoms with Gasteiger partial charge in [-0.2, -0.15) is 0 Å². The van der Waals surface area contributed by atoms with E-state index in [-0.39, 0.29) is 23.5 Å². The SMILES string of the molecule is CCC(=O)c1cc([N+](=O)[O-])ccc1OC(c1ccccc1)c1ccccc1. The van der Waals surface area contributed by atoms with Gasteiger partial charge < -0.3 is 4.74 Å². The predicted octanol–water partition coefficient (Wildman–Crippen LogP) is 5.36. The topological polar surface area (TPSA) is 69.4 Å². The molecular formula is C22H19NO4. The first-order valence-electron chi connectivity index (χ1n) is 8.68. The number of Topliss-reactive ketones (excluding diaryl/α,β-unsaturated/α-hetero) is 1. The summed E-state index contributed by atoms with van der Waals surface area (Å²) in [5.74, 6) is 0.138. The van der Waals surface area contributed by atoms with Crippen molar-refractivity contribution in [1.29, 1.82) is 0 Å². The van der Waals surface area contributed by atoms with E-state index >= 15 is 0 Å². The van der Waals surface area contributed by atoms with E-state index in [1.165, 1.54) is 18.2 Å². The molecule has 0 N–H and O–H groups in total. The first-order valence-corrected chi connectivity index (χ1v) is 8.68. The Labute approximate surface area is 157 Å². The summed E-state index contributed by atoms with van der Waals surface area (Å²) >= 11 is 0. The summed E-state index contributed by atoms with van der Waals surface area (Å²) < 4.78 is 6.23. The van der Waals surface area contributed by atoms with Gasteiger partial charge in [-0.25, -0.2) is 0 Å². The number of nitro benzene ring substituents is 1. The van der Waals surface area contributed by atoms with Crippen LogP contribution in [0.2, 0.25) is 0 Å². The average molecular weight is 361 g/mol. The van der Waals surface area contributed by atoms with Gasteiger partial charge in [-0.1, -0.05) is 67.6 Å². The van der Waals surface area contributed by atoms with Gasteiger partial charge in [0.15, 0.2) is 5.78 Å². The number of benzene rings is 3. The molecule has 3 aromatic carbocycles. The Balaban J connectivity index is 2.06. The van der Waals surface area contributed by atoms with Crippen molar-refractivity contribution in [3.05, 3.63) is 106 Å². The number of nitrogens with zero attached hydrogens (tertiary/aromatic N) is 1. The standard InChI is InChI=1S/C22H19NO4/c1-2-20(24)19-15-18(23(25)26)13-14-21(19)27-22(16-9-5-3-6-10-16)17-11-7-4-8-12-17/h3-15,22H,2H2,1H3.